The summed E-state index contributed by atoms with van der Waals surface area (Å²) >= 11 is 0. The highest BCUT2D eigenvalue weighted by Crippen LogP contribution is 2.28. The molecule has 2 heterocycles. The molecule has 2 atom stereocenters. The molecule has 3 rings (SSSR count). The van der Waals surface area contributed by atoms with Crippen molar-refractivity contribution in [3.8, 4) is 0 Å². The van der Waals surface area contributed by atoms with Crippen molar-refractivity contribution < 1.29 is 4.74 Å². The SMILES string of the molecule is CC1Cc2ccccc2N(CCNCC2CCCO2)C1. The van der Waals surface area contributed by atoms with E-state index in [2.05, 4.69) is 41.4 Å². The molecule has 0 radical (unpaired) electrons. The largest absolute Gasteiger partial charge is 0.377 e. The van der Waals surface area contributed by atoms with Crippen molar-refractivity contribution in [1.82, 2.24) is 5.32 Å². The predicted octanol–water partition coefficient (Wildman–Crippen LogP) is 2.45. The number of para-hydroxylation sites is 1. The molecule has 2 aliphatic rings. The molecule has 1 fully saturated rings. The van der Waals surface area contributed by atoms with Crippen LogP contribution in [0, 0.1) is 5.92 Å². The molecule has 3 heteroatoms. The summed E-state index contributed by atoms with van der Waals surface area (Å²) in [4.78, 5) is 2.53. The summed E-state index contributed by atoms with van der Waals surface area (Å²) in [7, 11) is 0. The van der Waals surface area contributed by atoms with Crippen LogP contribution < -0.4 is 10.2 Å². The Labute approximate surface area is 122 Å². The molecule has 1 aromatic carbocycles. The Kier molecular flexibility index (Phi) is 4.58. The molecule has 2 unspecified atom stereocenters. The van der Waals surface area contributed by atoms with Crippen LogP contribution in [0.15, 0.2) is 24.3 Å². The van der Waals surface area contributed by atoms with Crippen LogP contribution in [-0.2, 0) is 11.2 Å². The quantitative estimate of drug-likeness (QED) is 0.835. The number of nitrogens with zero attached hydrogens (tertiary/aromatic N) is 1. The molecule has 0 aliphatic carbocycles. The Morgan fingerprint density at radius 3 is 3.10 bits per heavy atom. The van der Waals surface area contributed by atoms with Crippen LogP contribution in [0.4, 0.5) is 5.69 Å². The minimum Gasteiger partial charge on any atom is -0.377 e. The van der Waals surface area contributed by atoms with E-state index in [0.29, 0.717) is 6.10 Å². The van der Waals surface area contributed by atoms with Crippen LogP contribution in [0.5, 0.6) is 0 Å². The number of hydrogen-bond acceptors (Lipinski definition) is 3. The molecule has 20 heavy (non-hydrogen) atoms. The first-order chi connectivity index (χ1) is 9.83. The number of nitrogens with one attached hydrogen (secondary N) is 1. The second-order valence-corrected chi connectivity index (χ2v) is 6.22. The first-order valence-corrected chi connectivity index (χ1v) is 7.98. The van der Waals surface area contributed by atoms with Gasteiger partial charge < -0.3 is 15.0 Å². The van der Waals surface area contributed by atoms with E-state index in [4.69, 9.17) is 4.74 Å². The fourth-order valence-electron chi connectivity index (χ4n) is 3.40. The van der Waals surface area contributed by atoms with Gasteiger partial charge in [0, 0.05) is 38.5 Å². The highest BCUT2D eigenvalue weighted by Gasteiger charge is 2.21. The van der Waals surface area contributed by atoms with Crippen molar-refractivity contribution in [3.63, 3.8) is 0 Å². The molecule has 0 amide bonds. The van der Waals surface area contributed by atoms with Crippen molar-refractivity contribution in [2.75, 3.05) is 37.7 Å². The van der Waals surface area contributed by atoms with Crippen LogP contribution in [0.1, 0.15) is 25.3 Å². The monoisotopic (exact) mass is 274 g/mol. The number of anilines is 1. The van der Waals surface area contributed by atoms with Crippen LogP contribution in [0.25, 0.3) is 0 Å². The molecule has 2 aliphatic heterocycles. The van der Waals surface area contributed by atoms with E-state index in [-0.39, 0.29) is 0 Å². The molecule has 0 saturated carbocycles. The average molecular weight is 274 g/mol. The van der Waals surface area contributed by atoms with Crippen LogP contribution in [-0.4, -0.2) is 38.9 Å². The first kappa shape index (κ1) is 13.9. The zero-order chi connectivity index (χ0) is 13.8. The number of rotatable bonds is 5. The lowest BCUT2D eigenvalue weighted by molar-refractivity contribution is 0.110. The second kappa shape index (κ2) is 6.59. The van der Waals surface area contributed by atoms with E-state index in [1.165, 1.54) is 37.1 Å². The Balaban J connectivity index is 1.49. The summed E-state index contributed by atoms with van der Waals surface area (Å²) in [5, 5.41) is 3.55. The minimum atomic E-state index is 0.447. The minimum absolute atomic E-state index is 0.447. The van der Waals surface area contributed by atoms with Gasteiger partial charge in [0.2, 0.25) is 0 Å². The smallest absolute Gasteiger partial charge is 0.0700 e. The Hall–Kier alpha value is -1.06. The lowest BCUT2D eigenvalue weighted by Crippen LogP contribution is -2.40. The van der Waals surface area contributed by atoms with Gasteiger partial charge in [0.25, 0.3) is 0 Å². The van der Waals surface area contributed by atoms with Gasteiger partial charge in [0.15, 0.2) is 0 Å². The third kappa shape index (κ3) is 3.33. The average Bonchev–Trinajstić information content (AvgIpc) is 2.96. The Bertz CT molecular complexity index is 429. The van der Waals surface area contributed by atoms with E-state index < -0.39 is 0 Å². The van der Waals surface area contributed by atoms with E-state index in [9.17, 15) is 0 Å². The normalized spacial score (nSPS) is 25.8. The maximum atomic E-state index is 5.64. The number of hydrogen-bond donors (Lipinski definition) is 1. The molecule has 1 N–H and O–H groups in total. The van der Waals surface area contributed by atoms with Gasteiger partial charge in [-0.25, -0.2) is 0 Å². The van der Waals surface area contributed by atoms with Crippen LogP contribution in [0.3, 0.4) is 0 Å². The Morgan fingerprint density at radius 2 is 2.25 bits per heavy atom. The summed E-state index contributed by atoms with van der Waals surface area (Å²) in [6.07, 6.45) is 4.11. The van der Waals surface area contributed by atoms with Gasteiger partial charge in [0.05, 0.1) is 6.10 Å². The van der Waals surface area contributed by atoms with Gasteiger partial charge in [-0.15, -0.1) is 0 Å². The standard InChI is InChI=1S/C17H26N2O/c1-14-11-15-5-2-3-7-17(15)19(13-14)9-8-18-12-16-6-4-10-20-16/h2-3,5,7,14,16,18H,4,6,8-13H2,1H3. The number of benzene rings is 1. The highest BCUT2D eigenvalue weighted by molar-refractivity contribution is 5.55. The summed E-state index contributed by atoms with van der Waals surface area (Å²) in [6.45, 7) is 7.62. The van der Waals surface area contributed by atoms with Gasteiger partial charge >= 0.3 is 0 Å². The van der Waals surface area contributed by atoms with Gasteiger partial charge in [-0.3, -0.25) is 0 Å². The van der Waals surface area contributed by atoms with Crippen LogP contribution in [0.2, 0.25) is 0 Å². The van der Waals surface area contributed by atoms with Crippen molar-refractivity contribution in [3.05, 3.63) is 29.8 Å². The van der Waals surface area contributed by atoms with Gasteiger partial charge in [-0.05, 0) is 36.8 Å². The lowest BCUT2D eigenvalue weighted by Gasteiger charge is -2.35. The van der Waals surface area contributed by atoms with E-state index in [1.807, 2.05) is 0 Å². The lowest BCUT2D eigenvalue weighted by atomic mass is 9.94. The third-order valence-electron chi connectivity index (χ3n) is 4.39. The summed E-state index contributed by atoms with van der Waals surface area (Å²) in [6, 6.07) is 8.85. The molecule has 0 spiro atoms. The van der Waals surface area contributed by atoms with Gasteiger partial charge in [0.1, 0.15) is 0 Å². The molecule has 1 saturated heterocycles. The molecule has 110 valence electrons. The topological polar surface area (TPSA) is 24.5 Å². The van der Waals surface area contributed by atoms with E-state index in [0.717, 1.165) is 32.2 Å². The fourth-order valence-corrected chi connectivity index (χ4v) is 3.40. The van der Waals surface area contributed by atoms with E-state index >= 15 is 0 Å². The fraction of sp³-hybridized carbons (Fsp3) is 0.647. The molecule has 3 nitrogen and oxygen atoms in total. The maximum Gasteiger partial charge on any atom is 0.0700 e. The van der Waals surface area contributed by atoms with Gasteiger partial charge in [-0.1, -0.05) is 25.1 Å². The molecule has 0 aromatic heterocycles. The highest BCUT2D eigenvalue weighted by atomic mass is 16.5. The number of ether oxygens (including phenoxy) is 1. The number of fused-ring (bicyclic) bond motifs is 1. The van der Waals surface area contributed by atoms with Gasteiger partial charge in [-0.2, -0.15) is 0 Å². The molecular weight excluding hydrogens is 248 g/mol. The van der Waals surface area contributed by atoms with Crippen molar-refractivity contribution in [2.24, 2.45) is 5.92 Å². The zero-order valence-electron chi connectivity index (χ0n) is 12.5. The molecule has 1 aromatic rings. The van der Waals surface area contributed by atoms with E-state index in [1.54, 1.807) is 0 Å². The van der Waals surface area contributed by atoms with Crippen LogP contribution >= 0.6 is 0 Å². The summed E-state index contributed by atoms with van der Waals surface area (Å²) in [5.41, 5.74) is 2.94. The predicted molar refractivity (Wildman–Crippen MR) is 83.4 cm³/mol. The third-order valence-corrected chi connectivity index (χ3v) is 4.39. The van der Waals surface area contributed by atoms with Crippen molar-refractivity contribution >= 4 is 5.69 Å². The summed E-state index contributed by atoms with van der Waals surface area (Å²) < 4.78 is 5.64. The maximum absolute atomic E-state index is 5.64. The molecule has 0 bridgehead atoms. The second-order valence-electron chi connectivity index (χ2n) is 6.22. The zero-order valence-corrected chi connectivity index (χ0v) is 12.5. The molecular formula is C17H26N2O. The van der Waals surface area contributed by atoms with Crippen molar-refractivity contribution in [2.45, 2.75) is 32.3 Å². The Morgan fingerprint density at radius 1 is 1.35 bits per heavy atom. The van der Waals surface area contributed by atoms with Crippen molar-refractivity contribution in [1.29, 1.82) is 0 Å². The summed E-state index contributed by atoms with van der Waals surface area (Å²) in [5.74, 6) is 0.753. The first-order valence-electron chi connectivity index (χ1n) is 7.98.